The van der Waals surface area contributed by atoms with Crippen molar-refractivity contribution in [3.05, 3.63) is 57.2 Å². The fourth-order valence-electron chi connectivity index (χ4n) is 4.15. The summed E-state index contributed by atoms with van der Waals surface area (Å²) in [6, 6.07) is 12.2. The molecule has 29 heavy (non-hydrogen) atoms. The molecule has 0 fully saturated rings. The van der Waals surface area contributed by atoms with E-state index in [2.05, 4.69) is 31.0 Å². The first-order valence-electron chi connectivity index (χ1n) is 10.3. The minimum absolute atomic E-state index is 0.0198. The molecule has 0 saturated heterocycles. The number of benzene rings is 2. The highest BCUT2D eigenvalue weighted by Gasteiger charge is 2.20. The van der Waals surface area contributed by atoms with E-state index < -0.39 is 0 Å². The predicted molar refractivity (Wildman–Crippen MR) is 120 cm³/mol. The van der Waals surface area contributed by atoms with Crippen molar-refractivity contribution in [3.63, 3.8) is 0 Å². The highest BCUT2D eigenvalue weighted by molar-refractivity contribution is 7.18. The molecule has 0 unspecified atom stereocenters. The van der Waals surface area contributed by atoms with Crippen molar-refractivity contribution in [1.29, 1.82) is 0 Å². The molecular weight excluding hydrogens is 380 g/mol. The number of hydrogen-bond acceptors (Lipinski definition) is 4. The van der Waals surface area contributed by atoms with E-state index in [-0.39, 0.29) is 5.56 Å². The van der Waals surface area contributed by atoms with Crippen LogP contribution in [0.5, 0.6) is 5.75 Å². The third-order valence-electron chi connectivity index (χ3n) is 5.54. The van der Waals surface area contributed by atoms with Crippen molar-refractivity contribution >= 4 is 32.3 Å². The van der Waals surface area contributed by atoms with Gasteiger partial charge < -0.3 is 9.72 Å². The quantitative estimate of drug-likeness (QED) is 0.473. The molecule has 4 aromatic rings. The molecule has 5 heteroatoms. The lowest BCUT2D eigenvalue weighted by Crippen LogP contribution is -2.11. The Bertz CT molecular complexity index is 1270. The molecular formula is C24H24N2O2S. The first-order chi connectivity index (χ1) is 14.1. The Morgan fingerprint density at radius 1 is 1.10 bits per heavy atom. The van der Waals surface area contributed by atoms with Crippen LogP contribution >= 0.6 is 11.3 Å². The molecule has 2 aromatic heterocycles. The number of fused-ring (bicyclic) bond motifs is 4. The maximum atomic E-state index is 13.0. The second-order valence-corrected chi connectivity index (χ2v) is 9.25. The smallest absolute Gasteiger partial charge is 0.260 e. The molecule has 1 aliphatic carbocycles. The van der Waals surface area contributed by atoms with Gasteiger partial charge >= 0.3 is 0 Å². The Morgan fingerprint density at radius 2 is 1.90 bits per heavy atom. The van der Waals surface area contributed by atoms with Crippen molar-refractivity contribution in [2.24, 2.45) is 5.92 Å². The van der Waals surface area contributed by atoms with Crippen molar-refractivity contribution < 1.29 is 4.74 Å². The Balaban J connectivity index is 1.67. The van der Waals surface area contributed by atoms with Crippen molar-refractivity contribution in [3.8, 4) is 17.1 Å². The summed E-state index contributed by atoms with van der Waals surface area (Å²) >= 11 is 1.69. The zero-order valence-corrected chi connectivity index (χ0v) is 17.6. The van der Waals surface area contributed by atoms with Crippen LogP contribution in [0.1, 0.15) is 37.1 Å². The molecule has 0 aliphatic heterocycles. The minimum Gasteiger partial charge on any atom is -0.493 e. The lowest BCUT2D eigenvalue weighted by molar-refractivity contribution is 0.274. The lowest BCUT2D eigenvalue weighted by atomic mass is 9.97. The Hall–Kier alpha value is -2.66. The van der Waals surface area contributed by atoms with Gasteiger partial charge in [-0.2, -0.15) is 0 Å². The fourth-order valence-corrected chi connectivity index (χ4v) is 5.41. The van der Waals surface area contributed by atoms with Gasteiger partial charge in [-0.3, -0.25) is 4.79 Å². The molecule has 5 rings (SSSR count). The third kappa shape index (κ3) is 3.23. The molecule has 0 atom stereocenters. The van der Waals surface area contributed by atoms with E-state index in [1.165, 1.54) is 16.9 Å². The maximum Gasteiger partial charge on any atom is 0.260 e. The van der Waals surface area contributed by atoms with E-state index in [0.717, 1.165) is 51.6 Å². The lowest BCUT2D eigenvalue weighted by Gasteiger charge is -2.13. The number of nitrogens with zero attached hydrogens (tertiary/aromatic N) is 1. The van der Waals surface area contributed by atoms with Crippen LogP contribution in [0, 0.1) is 5.92 Å². The number of rotatable bonds is 4. The molecule has 2 heterocycles. The summed E-state index contributed by atoms with van der Waals surface area (Å²) < 4.78 is 6.03. The van der Waals surface area contributed by atoms with Gasteiger partial charge in [0.25, 0.3) is 5.56 Å². The molecule has 0 saturated carbocycles. The second kappa shape index (κ2) is 7.30. The van der Waals surface area contributed by atoms with Crippen LogP contribution in [0.15, 0.2) is 41.2 Å². The third-order valence-corrected chi connectivity index (χ3v) is 6.72. The molecule has 0 amide bonds. The number of aromatic amines is 1. The molecule has 148 valence electrons. The summed E-state index contributed by atoms with van der Waals surface area (Å²) in [5, 5.41) is 2.88. The van der Waals surface area contributed by atoms with Crippen LogP contribution in [-0.4, -0.2) is 16.6 Å². The number of thiophene rings is 1. The Kier molecular flexibility index (Phi) is 4.63. The molecule has 2 aromatic carbocycles. The number of nitrogens with one attached hydrogen (secondary N) is 1. The Morgan fingerprint density at radius 3 is 2.72 bits per heavy atom. The largest absolute Gasteiger partial charge is 0.493 e. The van der Waals surface area contributed by atoms with Crippen molar-refractivity contribution in [1.82, 2.24) is 9.97 Å². The van der Waals surface area contributed by atoms with Gasteiger partial charge in [0.1, 0.15) is 16.4 Å². The topological polar surface area (TPSA) is 55.0 Å². The highest BCUT2D eigenvalue weighted by Crippen LogP contribution is 2.36. The number of aryl methyl sites for hydroxylation is 2. The number of ether oxygens (including phenoxy) is 1. The van der Waals surface area contributed by atoms with E-state index in [1.807, 2.05) is 24.3 Å². The van der Waals surface area contributed by atoms with E-state index in [4.69, 9.17) is 9.72 Å². The van der Waals surface area contributed by atoms with Gasteiger partial charge in [-0.1, -0.05) is 38.1 Å². The number of aromatic nitrogens is 2. The van der Waals surface area contributed by atoms with E-state index in [0.29, 0.717) is 18.3 Å². The molecule has 1 aliphatic rings. The monoisotopic (exact) mass is 404 g/mol. The number of H-pyrrole nitrogens is 1. The van der Waals surface area contributed by atoms with Gasteiger partial charge in [0.2, 0.25) is 0 Å². The van der Waals surface area contributed by atoms with Gasteiger partial charge in [0.15, 0.2) is 0 Å². The van der Waals surface area contributed by atoms with Crippen LogP contribution < -0.4 is 10.3 Å². The standard InChI is InChI=1S/C24H24N2O2S/c1-14(2)13-28-19-12-11-17(15-7-3-4-8-16(15)19)22-25-23(27)21-18-9-5-6-10-20(18)29-24(21)26-22/h3-4,7-8,11-12,14H,5-6,9-10,13H2,1-2H3,(H,25,26,27). The van der Waals surface area contributed by atoms with E-state index >= 15 is 0 Å². The Labute approximate surface area is 173 Å². The second-order valence-electron chi connectivity index (χ2n) is 8.17. The average Bonchev–Trinajstić information content (AvgIpc) is 3.10. The highest BCUT2D eigenvalue weighted by atomic mass is 32.1. The van der Waals surface area contributed by atoms with Crippen molar-refractivity contribution in [2.45, 2.75) is 39.5 Å². The summed E-state index contributed by atoms with van der Waals surface area (Å²) in [6.45, 7) is 4.95. The van der Waals surface area contributed by atoms with Crippen LogP contribution in [0.3, 0.4) is 0 Å². The number of hydrogen-bond donors (Lipinski definition) is 1. The minimum atomic E-state index is -0.0198. The molecule has 1 N–H and O–H groups in total. The zero-order valence-electron chi connectivity index (χ0n) is 16.7. The molecule has 0 bridgehead atoms. The van der Waals surface area contributed by atoms with Crippen LogP contribution in [0.4, 0.5) is 0 Å². The summed E-state index contributed by atoms with van der Waals surface area (Å²) in [4.78, 5) is 23.1. The molecule has 0 spiro atoms. The predicted octanol–water partition coefficient (Wildman–Crippen LogP) is 5.72. The average molecular weight is 405 g/mol. The van der Waals surface area contributed by atoms with Crippen molar-refractivity contribution in [2.75, 3.05) is 6.61 Å². The summed E-state index contributed by atoms with van der Waals surface area (Å²) in [6.07, 6.45) is 4.41. The van der Waals surface area contributed by atoms with Gasteiger partial charge in [0, 0.05) is 15.8 Å². The molecule has 0 radical (unpaired) electrons. The van der Waals surface area contributed by atoms with Gasteiger partial charge in [-0.05, 0) is 54.7 Å². The van der Waals surface area contributed by atoms with Gasteiger partial charge in [-0.25, -0.2) is 4.98 Å². The van der Waals surface area contributed by atoms with Crippen LogP contribution in [0.25, 0.3) is 32.4 Å². The fraction of sp³-hybridized carbons (Fsp3) is 0.333. The first kappa shape index (κ1) is 18.4. The SMILES string of the molecule is CC(C)COc1ccc(-c2nc3sc4c(c3c(=O)[nH]2)CCCC4)c2ccccc12. The first-order valence-corrected chi connectivity index (χ1v) is 11.1. The van der Waals surface area contributed by atoms with E-state index in [1.54, 1.807) is 11.3 Å². The van der Waals surface area contributed by atoms with Crippen LogP contribution in [-0.2, 0) is 12.8 Å². The molecule has 4 nitrogen and oxygen atoms in total. The maximum absolute atomic E-state index is 13.0. The van der Waals surface area contributed by atoms with Gasteiger partial charge in [-0.15, -0.1) is 11.3 Å². The van der Waals surface area contributed by atoms with Crippen LogP contribution in [0.2, 0.25) is 0 Å². The zero-order chi connectivity index (χ0) is 20.0. The summed E-state index contributed by atoms with van der Waals surface area (Å²) in [5.74, 6) is 1.96. The van der Waals surface area contributed by atoms with E-state index in [9.17, 15) is 4.79 Å². The normalized spacial score (nSPS) is 13.9. The van der Waals surface area contributed by atoms with Gasteiger partial charge in [0.05, 0.1) is 12.0 Å². The summed E-state index contributed by atoms with van der Waals surface area (Å²) in [5.41, 5.74) is 2.13. The summed E-state index contributed by atoms with van der Waals surface area (Å²) in [7, 11) is 0.